The number of rotatable bonds is 4. The molecule has 1 fully saturated rings. The summed E-state index contributed by atoms with van der Waals surface area (Å²) in [6, 6.07) is 9.78. The minimum Gasteiger partial charge on any atom is -0.317 e. The Morgan fingerprint density at radius 2 is 2.17 bits per heavy atom. The Balaban J connectivity index is 1.96. The highest BCUT2D eigenvalue weighted by Gasteiger charge is 2.31. The highest BCUT2D eigenvalue weighted by Crippen LogP contribution is 2.33. The predicted octanol–water partition coefficient (Wildman–Crippen LogP) is 4.83. The number of benzene rings is 1. The van der Waals surface area contributed by atoms with Gasteiger partial charge in [-0.25, -0.2) is 0 Å². The van der Waals surface area contributed by atoms with Crippen LogP contribution in [0.4, 0.5) is 0 Å². The van der Waals surface area contributed by atoms with Gasteiger partial charge in [-0.3, -0.25) is 9.69 Å². The number of aromatic nitrogens is 1. The normalized spacial score (nSPS) is 16.2. The average Bonchev–Trinajstić information content (AvgIpc) is 3.11. The molecule has 0 aliphatic carbocycles. The first-order valence-corrected chi connectivity index (χ1v) is 8.91. The van der Waals surface area contributed by atoms with Crippen LogP contribution in [0.25, 0.3) is 11.8 Å². The van der Waals surface area contributed by atoms with Gasteiger partial charge in [-0.05, 0) is 42.8 Å². The standard InChI is InChI=1S/C18H15ClN2OS2/c1-3-8-21-17(22)16(24-18(21)23)11-13-5-4-9-20(13)14-7-6-12(2)15(19)10-14/h3-7,9-11H,1,8H2,2H3/b16-11-. The van der Waals surface area contributed by atoms with Crippen molar-refractivity contribution in [3.8, 4) is 5.69 Å². The predicted molar refractivity (Wildman–Crippen MR) is 106 cm³/mol. The molecule has 0 spiro atoms. The SMILES string of the molecule is C=CCN1C(=O)/C(=C/c2cccn2-c2ccc(C)c(Cl)c2)SC1=S. The van der Waals surface area contributed by atoms with Crippen LogP contribution in [0.2, 0.25) is 5.02 Å². The number of thiocarbonyl (C=S) groups is 1. The van der Waals surface area contributed by atoms with Crippen molar-refractivity contribution in [1.29, 1.82) is 0 Å². The van der Waals surface area contributed by atoms with Crippen LogP contribution in [0, 0.1) is 6.92 Å². The number of carbonyl (C=O) groups is 1. The van der Waals surface area contributed by atoms with Crippen LogP contribution >= 0.6 is 35.6 Å². The molecular weight excluding hydrogens is 360 g/mol. The van der Waals surface area contributed by atoms with E-state index in [2.05, 4.69) is 6.58 Å². The molecule has 0 saturated carbocycles. The average molecular weight is 375 g/mol. The number of aryl methyl sites for hydroxylation is 1. The Hall–Kier alpha value is -1.82. The molecule has 1 saturated heterocycles. The molecule has 1 amide bonds. The summed E-state index contributed by atoms with van der Waals surface area (Å²) >= 11 is 12.8. The lowest BCUT2D eigenvalue weighted by atomic mass is 10.2. The van der Waals surface area contributed by atoms with Gasteiger partial charge in [-0.1, -0.05) is 47.7 Å². The molecule has 1 aliphatic heterocycles. The topological polar surface area (TPSA) is 25.2 Å². The van der Waals surface area contributed by atoms with Crippen molar-refractivity contribution in [3.63, 3.8) is 0 Å². The number of nitrogens with zero attached hydrogens (tertiary/aromatic N) is 2. The van der Waals surface area contributed by atoms with Gasteiger partial charge in [-0.15, -0.1) is 6.58 Å². The van der Waals surface area contributed by atoms with Crippen LogP contribution in [0.15, 0.2) is 54.1 Å². The molecule has 0 N–H and O–H groups in total. The lowest BCUT2D eigenvalue weighted by Gasteiger charge is -2.10. The second-order valence-electron chi connectivity index (χ2n) is 5.32. The lowest BCUT2D eigenvalue weighted by molar-refractivity contribution is -0.121. The minimum atomic E-state index is -0.0837. The van der Waals surface area contributed by atoms with Gasteiger partial charge in [0.05, 0.1) is 4.91 Å². The zero-order valence-electron chi connectivity index (χ0n) is 13.0. The third kappa shape index (κ3) is 3.20. The van der Waals surface area contributed by atoms with E-state index in [-0.39, 0.29) is 5.91 Å². The summed E-state index contributed by atoms with van der Waals surface area (Å²) in [4.78, 5) is 14.6. The molecule has 0 atom stereocenters. The highest BCUT2D eigenvalue weighted by atomic mass is 35.5. The number of hydrogen-bond donors (Lipinski definition) is 0. The van der Waals surface area contributed by atoms with Gasteiger partial charge < -0.3 is 4.57 Å². The van der Waals surface area contributed by atoms with Gasteiger partial charge in [0.15, 0.2) is 0 Å². The Labute approximate surface area is 155 Å². The van der Waals surface area contributed by atoms with E-state index in [4.69, 9.17) is 23.8 Å². The minimum absolute atomic E-state index is 0.0837. The van der Waals surface area contributed by atoms with Crippen LogP contribution < -0.4 is 0 Å². The Bertz CT molecular complexity index is 870. The molecule has 3 rings (SSSR count). The first kappa shape index (κ1) is 17.0. The molecule has 1 aromatic carbocycles. The molecule has 2 heterocycles. The largest absolute Gasteiger partial charge is 0.317 e. The van der Waals surface area contributed by atoms with Crippen molar-refractivity contribution in [3.05, 3.63) is 70.4 Å². The quantitative estimate of drug-likeness (QED) is 0.435. The summed E-state index contributed by atoms with van der Waals surface area (Å²) < 4.78 is 2.55. The van der Waals surface area contributed by atoms with Crippen molar-refractivity contribution < 1.29 is 4.79 Å². The van der Waals surface area contributed by atoms with E-state index in [0.29, 0.717) is 20.8 Å². The second kappa shape index (κ2) is 6.97. The molecular formula is C18H15ClN2OS2. The summed E-state index contributed by atoms with van der Waals surface area (Å²) in [6.07, 6.45) is 5.47. The first-order chi connectivity index (χ1) is 11.5. The van der Waals surface area contributed by atoms with E-state index in [1.807, 2.05) is 54.1 Å². The number of hydrogen-bond acceptors (Lipinski definition) is 3. The number of amides is 1. The fourth-order valence-corrected chi connectivity index (χ4v) is 3.83. The third-order valence-electron chi connectivity index (χ3n) is 3.68. The molecule has 6 heteroatoms. The van der Waals surface area contributed by atoms with Crippen LogP contribution in [0.1, 0.15) is 11.3 Å². The maximum Gasteiger partial charge on any atom is 0.266 e. The van der Waals surface area contributed by atoms with Gasteiger partial charge in [0.2, 0.25) is 0 Å². The molecule has 24 heavy (non-hydrogen) atoms. The Kier molecular flexibility index (Phi) is 4.94. The number of thioether (sulfide) groups is 1. The van der Waals surface area contributed by atoms with Crippen molar-refractivity contribution >= 4 is 51.9 Å². The molecule has 0 radical (unpaired) electrons. The maximum absolute atomic E-state index is 12.4. The van der Waals surface area contributed by atoms with Crippen LogP contribution in [-0.4, -0.2) is 26.2 Å². The molecule has 0 bridgehead atoms. The fraction of sp³-hybridized carbons (Fsp3) is 0.111. The molecule has 2 aromatic rings. The van der Waals surface area contributed by atoms with E-state index < -0.39 is 0 Å². The summed E-state index contributed by atoms with van der Waals surface area (Å²) in [5.74, 6) is -0.0837. The van der Waals surface area contributed by atoms with E-state index >= 15 is 0 Å². The van der Waals surface area contributed by atoms with E-state index in [0.717, 1.165) is 16.9 Å². The number of halogens is 1. The molecule has 1 aromatic heterocycles. The second-order valence-corrected chi connectivity index (χ2v) is 7.40. The Morgan fingerprint density at radius 3 is 2.88 bits per heavy atom. The van der Waals surface area contributed by atoms with Crippen LogP contribution in [0.5, 0.6) is 0 Å². The molecule has 1 aliphatic rings. The first-order valence-electron chi connectivity index (χ1n) is 7.31. The van der Waals surface area contributed by atoms with Crippen LogP contribution in [-0.2, 0) is 4.79 Å². The smallest absolute Gasteiger partial charge is 0.266 e. The van der Waals surface area contributed by atoms with E-state index in [1.165, 1.54) is 11.8 Å². The van der Waals surface area contributed by atoms with Gasteiger partial charge in [0, 0.05) is 29.1 Å². The number of carbonyl (C=O) groups excluding carboxylic acids is 1. The summed E-state index contributed by atoms with van der Waals surface area (Å²) in [5, 5.41) is 0.712. The van der Waals surface area contributed by atoms with E-state index in [1.54, 1.807) is 11.0 Å². The third-order valence-corrected chi connectivity index (χ3v) is 5.46. The van der Waals surface area contributed by atoms with Gasteiger partial charge in [-0.2, -0.15) is 0 Å². The summed E-state index contributed by atoms with van der Waals surface area (Å²) in [7, 11) is 0. The maximum atomic E-state index is 12.4. The van der Waals surface area contributed by atoms with E-state index in [9.17, 15) is 4.79 Å². The van der Waals surface area contributed by atoms with Crippen molar-refractivity contribution in [2.24, 2.45) is 0 Å². The summed E-state index contributed by atoms with van der Waals surface area (Å²) in [5.41, 5.74) is 2.87. The monoisotopic (exact) mass is 374 g/mol. The molecule has 122 valence electrons. The highest BCUT2D eigenvalue weighted by molar-refractivity contribution is 8.26. The molecule has 0 unspecified atom stereocenters. The van der Waals surface area contributed by atoms with Crippen molar-refractivity contribution in [2.75, 3.05) is 6.54 Å². The van der Waals surface area contributed by atoms with Crippen molar-refractivity contribution in [1.82, 2.24) is 9.47 Å². The zero-order valence-corrected chi connectivity index (χ0v) is 15.4. The van der Waals surface area contributed by atoms with Gasteiger partial charge >= 0.3 is 0 Å². The van der Waals surface area contributed by atoms with Crippen molar-refractivity contribution in [2.45, 2.75) is 6.92 Å². The zero-order chi connectivity index (χ0) is 17.3. The van der Waals surface area contributed by atoms with Crippen LogP contribution in [0.3, 0.4) is 0 Å². The van der Waals surface area contributed by atoms with Gasteiger partial charge in [0.25, 0.3) is 5.91 Å². The Morgan fingerprint density at radius 1 is 1.38 bits per heavy atom. The fourth-order valence-electron chi connectivity index (χ4n) is 2.40. The molecule has 3 nitrogen and oxygen atoms in total. The van der Waals surface area contributed by atoms with Gasteiger partial charge in [0.1, 0.15) is 4.32 Å². The summed E-state index contributed by atoms with van der Waals surface area (Å²) in [6.45, 7) is 6.06. The lowest BCUT2D eigenvalue weighted by Crippen LogP contribution is -2.27.